The van der Waals surface area contributed by atoms with Crippen LogP contribution in [-0.2, 0) is 23.8 Å². The zero-order valence-corrected chi connectivity index (χ0v) is 15.4. The van der Waals surface area contributed by atoms with Crippen molar-refractivity contribution in [2.24, 2.45) is 0 Å². The van der Waals surface area contributed by atoms with Crippen LogP contribution in [-0.4, -0.2) is 44.1 Å². The second kappa shape index (κ2) is 9.77. The van der Waals surface area contributed by atoms with E-state index in [0.717, 1.165) is 11.3 Å². The number of amides is 1. The van der Waals surface area contributed by atoms with Crippen LogP contribution in [0.2, 0.25) is 0 Å². The van der Waals surface area contributed by atoms with Gasteiger partial charge in [-0.25, -0.2) is 9.59 Å². The van der Waals surface area contributed by atoms with E-state index in [-0.39, 0.29) is 41.5 Å². The predicted molar refractivity (Wildman–Crippen MR) is 90.8 cm³/mol. The Morgan fingerprint density at radius 3 is 2.16 bits per heavy atom. The van der Waals surface area contributed by atoms with Gasteiger partial charge in [0.15, 0.2) is 0 Å². The summed E-state index contributed by atoms with van der Waals surface area (Å²) in [4.78, 5) is 47.5. The minimum atomic E-state index is -0.643. The topological polar surface area (TPSA) is 108 Å². The third kappa shape index (κ3) is 5.56. The molecular weight excluding hydrogens is 350 g/mol. The summed E-state index contributed by atoms with van der Waals surface area (Å²) in [5.41, 5.74) is 0.492. The van der Waals surface area contributed by atoms with E-state index in [9.17, 15) is 19.2 Å². The molecule has 0 aliphatic carbocycles. The fourth-order valence-corrected chi connectivity index (χ4v) is 3.05. The van der Waals surface area contributed by atoms with Gasteiger partial charge in [-0.3, -0.25) is 9.59 Å². The predicted octanol–water partition coefficient (Wildman–Crippen LogP) is 2.30. The molecular formula is C16H21NO7S. The number of rotatable bonds is 8. The van der Waals surface area contributed by atoms with Crippen LogP contribution in [0.3, 0.4) is 0 Å². The largest absolute Gasteiger partial charge is 0.469 e. The van der Waals surface area contributed by atoms with Crippen molar-refractivity contribution in [3.8, 4) is 0 Å². The van der Waals surface area contributed by atoms with Crippen molar-refractivity contribution in [3.05, 3.63) is 16.0 Å². The number of ether oxygens (including phenoxy) is 3. The number of thiophene rings is 1. The Bertz CT molecular complexity index is 666. The third-order valence-electron chi connectivity index (χ3n) is 3.12. The van der Waals surface area contributed by atoms with Crippen LogP contribution in [0.1, 0.15) is 52.3 Å². The molecule has 0 saturated carbocycles. The van der Waals surface area contributed by atoms with E-state index in [0.29, 0.717) is 5.56 Å². The maximum atomic E-state index is 12.2. The maximum absolute atomic E-state index is 12.2. The number of nitrogens with one attached hydrogen (secondary N) is 1. The molecule has 0 atom stereocenters. The van der Waals surface area contributed by atoms with Gasteiger partial charge in [0, 0.05) is 6.42 Å². The number of hydrogen-bond acceptors (Lipinski definition) is 8. The molecule has 1 aromatic rings. The van der Waals surface area contributed by atoms with E-state index >= 15 is 0 Å². The number of methoxy groups -OCH3 is 1. The first-order valence-corrected chi connectivity index (χ1v) is 8.51. The standard InChI is InChI=1S/C16H21NO7S/c1-5-23-15(20)12-9(3)13(16(21)24-6-2)25-14(12)17-10(18)7-8-11(19)22-4/h5-8H2,1-4H3,(H,17,18). The lowest BCUT2D eigenvalue weighted by Gasteiger charge is -2.06. The van der Waals surface area contributed by atoms with E-state index in [1.54, 1.807) is 20.8 Å². The summed E-state index contributed by atoms with van der Waals surface area (Å²) >= 11 is 0.933. The monoisotopic (exact) mass is 371 g/mol. The number of carbonyl (C=O) groups excluding carboxylic acids is 4. The smallest absolute Gasteiger partial charge is 0.348 e. The van der Waals surface area contributed by atoms with Gasteiger partial charge < -0.3 is 19.5 Å². The maximum Gasteiger partial charge on any atom is 0.348 e. The molecule has 0 aliphatic rings. The summed E-state index contributed by atoms with van der Waals surface area (Å²) in [6, 6.07) is 0. The van der Waals surface area contributed by atoms with Crippen LogP contribution in [0.25, 0.3) is 0 Å². The van der Waals surface area contributed by atoms with Gasteiger partial charge in [-0.1, -0.05) is 0 Å². The first kappa shape index (κ1) is 20.6. The minimum absolute atomic E-state index is 0.0911. The zero-order chi connectivity index (χ0) is 19.0. The molecule has 25 heavy (non-hydrogen) atoms. The van der Waals surface area contributed by atoms with Gasteiger partial charge in [0.25, 0.3) is 0 Å². The number of esters is 3. The fourth-order valence-electron chi connectivity index (χ4n) is 1.95. The Morgan fingerprint density at radius 1 is 1.00 bits per heavy atom. The van der Waals surface area contributed by atoms with Crippen LogP contribution in [0.4, 0.5) is 5.00 Å². The lowest BCUT2D eigenvalue weighted by atomic mass is 10.1. The molecule has 1 aromatic heterocycles. The Hall–Kier alpha value is -2.42. The minimum Gasteiger partial charge on any atom is -0.469 e. The molecule has 0 saturated heterocycles. The van der Waals surface area contributed by atoms with Crippen molar-refractivity contribution in [1.82, 2.24) is 0 Å². The fraction of sp³-hybridized carbons (Fsp3) is 0.500. The highest BCUT2D eigenvalue weighted by molar-refractivity contribution is 7.18. The molecule has 0 radical (unpaired) electrons. The summed E-state index contributed by atoms with van der Waals surface area (Å²) in [5.74, 6) is -2.22. The van der Waals surface area contributed by atoms with Crippen LogP contribution in [0, 0.1) is 6.92 Å². The Morgan fingerprint density at radius 2 is 1.60 bits per heavy atom. The van der Waals surface area contributed by atoms with Crippen LogP contribution >= 0.6 is 11.3 Å². The van der Waals surface area contributed by atoms with Gasteiger partial charge in [-0.15, -0.1) is 11.3 Å². The second-order valence-electron chi connectivity index (χ2n) is 4.83. The van der Waals surface area contributed by atoms with E-state index in [1.807, 2.05) is 0 Å². The molecule has 0 unspecified atom stereocenters. The highest BCUT2D eigenvalue weighted by Gasteiger charge is 2.27. The number of anilines is 1. The quantitative estimate of drug-likeness (QED) is 0.552. The SMILES string of the molecule is CCOC(=O)c1sc(NC(=O)CCC(=O)OC)c(C(=O)OCC)c1C. The normalized spacial score (nSPS) is 10.1. The van der Waals surface area contributed by atoms with Gasteiger partial charge in [0.1, 0.15) is 9.88 Å². The molecule has 0 spiro atoms. The van der Waals surface area contributed by atoms with E-state index < -0.39 is 23.8 Å². The molecule has 138 valence electrons. The molecule has 1 amide bonds. The lowest BCUT2D eigenvalue weighted by Crippen LogP contribution is -2.16. The molecule has 0 fully saturated rings. The lowest BCUT2D eigenvalue weighted by molar-refractivity contribution is -0.141. The number of hydrogen-bond donors (Lipinski definition) is 1. The molecule has 9 heteroatoms. The molecule has 0 aromatic carbocycles. The van der Waals surface area contributed by atoms with Crippen molar-refractivity contribution in [2.45, 2.75) is 33.6 Å². The van der Waals surface area contributed by atoms with Crippen LogP contribution in [0.15, 0.2) is 0 Å². The van der Waals surface area contributed by atoms with Crippen LogP contribution in [0.5, 0.6) is 0 Å². The molecule has 8 nitrogen and oxygen atoms in total. The van der Waals surface area contributed by atoms with Crippen LogP contribution < -0.4 is 5.32 Å². The summed E-state index contributed by atoms with van der Waals surface area (Å²) in [7, 11) is 1.23. The zero-order valence-electron chi connectivity index (χ0n) is 14.6. The van der Waals surface area contributed by atoms with Gasteiger partial charge >= 0.3 is 17.9 Å². The van der Waals surface area contributed by atoms with Gasteiger partial charge in [-0.05, 0) is 26.3 Å². The summed E-state index contributed by atoms with van der Waals surface area (Å²) in [6.45, 7) is 5.24. The average Bonchev–Trinajstić information content (AvgIpc) is 2.89. The summed E-state index contributed by atoms with van der Waals surface area (Å²) in [6.07, 6.45) is -0.202. The van der Waals surface area contributed by atoms with Crippen molar-refractivity contribution >= 4 is 40.2 Å². The van der Waals surface area contributed by atoms with Gasteiger partial charge in [0.2, 0.25) is 5.91 Å². The first-order chi connectivity index (χ1) is 11.8. The van der Waals surface area contributed by atoms with Crippen molar-refractivity contribution < 1.29 is 33.4 Å². The molecule has 0 aliphatic heterocycles. The molecule has 1 rings (SSSR count). The second-order valence-corrected chi connectivity index (χ2v) is 5.85. The van der Waals surface area contributed by atoms with E-state index in [2.05, 4.69) is 10.1 Å². The van der Waals surface area contributed by atoms with Crippen molar-refractivity contribution in [3.63, 3.8) is 0 Å². The van der Waals surface area contributed by atoms with Crippen molar-refractivity contribution in [2.75, 3.05) is 25.6 Å². The highest BCUT2D eigenvalue weighted by atomic mass is 32.1. The van der Waals surface area contributed by atoms with E-state index in [1.165, 1.54) is 7.11 Å². The van der Waals surface area contributed by atoms with E-state index in [4.69, 9.17) is 9.47 Å². The average molecular weight is 371 g/mol. The Balaban J connectivity index is 3.08. The van der Waals surface area contributed by atoms with Gasteiger partial charge in [-0.2, -0.15) is 0 Å². The Kier molecular flexibility index (Phi) is 8.06. The third-order valence-corrected chi connectivity index (χ3v) is 4.31. The summed E-state index contributed by atoms with van der Waals surface area (Å²) in [5, 5.41) is 2.74. The molecule has 0 bridgehead atoms. The van der Waals surface area contributed by atoms with Crippen molar-refractivity contribution in [1.29, 1.82) is 0 Å². The summed E-state index contributed by atoms with van der Waals surface area (Å²) < 4.78 is 14.4. The first-order valence-electron chi connectivity index (χ1n) is 7.69. The molecule has 1 heterocycles. The number of carbonyl (C=O) groups is 4. The Labute approximate surface area is 149 Å². The molecule has 1 N–H and O–H groups in total. The highest BCUT2D eigenvalue weighted by Crippen LogP contribution is 2.34. The van der Waals surface area contributed by atoms with Gasteiger partial charge in [0.05, 0.1) is 32.3 Å².